The molecule has 1 aromatic heterocycles. The summed E-state index contributed by atoms with van der Waals surface area (Å²) in [5.74, 6) is 0. The Kier molecular flexibility index (Phi) is 3.75. The van der Waals surface area contributed by atoms with Gasteiger partial charge in [0.2, 0.25) is 0 Å². The van der Waals surface area contributed by atoms with Crippen LogP contribution in [-0.2, 0) is 6.42 Å². The van der Waals surface area contributed by atoms with Gasteiger partial charge in [0.15, 0.2) is 0 Å². The third kappa shape index (κ3) is 2.38. The number of aryl methyl sites for hydroxylation is 1. The van der Waals surface area contributed by atoms with Crippen molar-refractivity contribution in [2.24, 2.45) is 0 Å². The predicted molar refractivity (Wildman–Crippen MR) is 56.0 cm³/mol. The van der Waals surface area contributed by atoms with Gasteiger partial charge in [-0.25, -0.2) is 8.78 Å². The van der Waals surface area contributed by atoms with Crippen LogP contribution < -0.4 is 0 Å². The SMILES string of the molecule is Cc1cc(C(F)F)c(I)c(CC#N)n1. The molecule has 0 amide bonds. The molecule has 0 fully saturated rings. The van der Waals surface area contributed by atoms with E-state index in [1.807, 2.05) is 6.07 Å². The van der Waals surface area contributed by atoms with Crippen molar-refractivity contribution in [2.75, 3.05) is 0 Å². The Morgan fingerprint density at radius 2 is 2.29 bits per heavy atom. The highest BCUT2D eigenvalue weighted by atomic mass is 127. The Bertz CT molecular complexity index is 385. The zero-order chi connectivity index (χ0) is 10.7. The van der Waals surface area contributed by atoms with Crippen molar-refractivity contribution >= 4 is 22.6 Å². The van der Waals surface area contributed by atoms with E-state index in [2.05, 4.69) is 4.98 Å². The van der Waals surface area contributed by atoms with Gasteiger partial charge in [-0.05, 0) is 35.6 Å². The van der Waals surface area contributed by atoms with Crippen molar-refractivity contribution in [3.8, 4) is 6.07 Å². The summed E-state index contributed by atoms with van der Waals surface area (Å²) in [6.45, 7) is 1.64. The molecule has 74 valence electrons. The van der Waals surface area contributed by atoms with Gasteiger partial charge in [-0.3, -0.25) is 4.98 Å². The highest BCUT2D eigenvalue weighted by Crippen LogP contribution is 2.26. The first-order valence-electron chi connectivity index (χ1n) is 3.87. The van der Waals surface area contributed by atoms with Gasteiger partial charge < -0.3 is 0 Å². The molecule has 0 saturated carbocycles. The van der Waals surface area contributed by atoms with Crippen molar-refractivity contribution in [3.63, 3.8) is 0 Å². The van der Waals surface area contributed by atoms with Gasteiger partial charge in [0.1, 0.15) is 0 Å². The normalized spacial score (nSPS) is 10.3. The lowest BCUT2D eigenvalue weighted by molar-refractivity contribution is 0.150. The minimum Gasteiger partial charge on any atom is -0.256 e. The minimum atomic E-state index is -2.51. The van der Waals surface area contributed by atoms with Crippen molar-refractivity contribution in [1.82, 2.24) is 4.98 Å². The van der Waals surface area contributed by atoms with Crippen LogP contribution in [0.3, 0.4) is 0 Å². The lowest BCUT2D eigenvalue weighted by atomic mass is 10.2. The molecule has 0 bridgehead atoms. The molecule has 0 aliphatic carbocycles. The van der Waals surface area contributed by atoms with Crippen LogP contribution in [0.25, 0.3) is 0 Å². The number of nitrogens with zero attached hydrogens (tertiary/aromatic N) is 2. The van der Waals surface area contributed by atoms with E-state index in [1.165, 1.54) is 6.07 Å². The Labute approximate surface area is 94.1 Å². The van der Waals surface area contributed by atoms with Crippen LogP contribution in [0.15, 0.2) is 6.07 Å². The molecule has 0 radical (unpaired) electrons. The molecule has 5 heteroatoms. The number of alkyl halides is 2. The summed E-state index contributed by atoms with van der Waals surface area (Å²) >= 11 is 1.80. The summed E-state index contributed by atoms with van der Waals surface area (Å²) < 4.78 is 25.4. The van der Waals surface area contributed by atoms with Crippen LogP contribution in [0, 0.1) is 21.8 Å². The van der Waals surface area contributed by atoms with Crippen LogP contribution in [0.4, 0.5) is 8.78 Å². The van der Waals surface area contributed by atoms with E-state index in [9.17, 15) is 8.78 Å². The predicted octanol–water partition coefficient (Wildman–Crippen LogP) is 3.00. The van der Waals surface area contributed by atoms with Crippen LogP contribution in [0.5, 0.6) is 0 Å². The maximum absolute atomic E-state index is 12.5. The van der Waals surface area contributed by atoms with E-state index in [-0.39, 0.29) is 12.0 Å². The molecule has 0 aliphatic rings. The molecule has 0 saturated heterocycles. The first kappa shape index (κ1) is 11.3. The monoisotopic (exact) mass is 308 g/mol. The zero-order valence-corrected chi connectivity index (χ0v) is 9.55. The van der Waals surface area contributed by atoms with Crippen molar-refractivity contribution < 1.29 is 8.78 Å². The number of halogens is 3. The van der Waals surface area contributed by atoms with Crippen LogP contribution in [-0.4, -0.2) is 4.98 Å². The average molecular weight is 308 g/mol. The fourth-order valence-corrected chi connectivity index (χ4v) is 1.80. The fourth-order valence-electron chi connectivity index (χ4n) is 1.10. The second kappa shape index (κ2) is 4.64. The molecule has 0 unspecified atom stereocenters. The van der Waals surface area contributed by atoms with Gasteiger partial charge >= 0.3 is 0 Å². The molecule has 2 nitrogen and oxygen atoms in total. The zero-order valence-electron chi connectivity index (χ0n) is 7.39. The molecule has 0 aromatic carbocycles. The molecule has 0 aliphatic heterocycles. The Morgan fingerprint density at radius 1 is 1.64 bits per heavy atom. The number of hydrogen-bond donors (Lipinski definition) is 0. The van der Waals surface area contributed by atoms with E-state index in [4.69, 9.17) is 5.26 Å². The molecular weight excluding hydrogens is 301 g/mol. The van der Waals surface area contributed by atoms with Crippen molar-refractivity contribution in [1.29, 1.82) is 5.26 Å². The Balaban J connectivity index is 3.26. The molecule has 1 rings (SSSR count). The fraction of sp³-hybridized carbons (Fsp3) is 0.333. The lowest BCUT2D eigenvalue weighted by Crippen LogP contribution is -2.01. The number of aromatic nitrogens is 1. The van der Waals surface area contributed by atoms with Gasteiger partial charge in [0, 0.05) is 14.8 Å². The number of nitriles is 1. The standard InChI is InChI=1S/C9H7F2IN2/c1-5-4-6(9(10)11)8(12)7(14-5)2-3-13/h4,9H,2H2,1H3. The van der Waals surface area contributed by atoms with Crippen molar-refractivity contribution in [3.05, 3.63) is 26.6 Å². The summed E-state index contributed by atoms with van der Waals surface area (Å²) in [6, 6.07) is 3.26. The van der Waals surface area contributed by atoms with E-state index in [0.717, 1.165) is 0 Å². The molecule has 1 heterocycles. The average Bonchev–Trinajstić information content (AvgIpc) is 2.10. The number of hydrogen-bond acceptors (Lipinski definition) is 2. The molecule has 14 heavy (non-hydrogen) atoms. The van der Waals surface area contributed by atoms with Gasteiger partial charge in [-0.2, -0.15) is 5.26 Å². The summed E-state index contributed by atoms with van der Waals surface area (Å²) in [7, 11) is 0. The second-order valence-electron chi connectivity index (χ2n) is 2.75. The Hall–Kier alpha value is -0.770. The van der Waals surface area contributed by atoms with Gasteiger partial charge in [0.25, 0.3) is 6.43 Å². The van der Waals surface area contributed by atoms with Gasteiger partial charge in [0.05, 0.1) is 18.2 Å². The Morgan fingerprint density at radius 3 is 2.79 bits per heavy atom. The highest BCUT2D eigenvalue weighted by molar-refractivity contribution is 14.1. The number of pyridine rings is 1. The number of rotatable bonds is 2. The minimum absolute atomic E-state index is 0.0386. The third-order valence-corrected chi connectivity index (χ3v) is 2.91. The second-order valence-corrected chi connectivity index (χ2v) is 3.83. The van der Waals surface area contributed by atoms with E-state index in [1.54, 1.807) is 29.5 Å². The topological polar surface area (TPSA) is 36.7 Å². The molecule has 0 spiro atoms. The quantitative estimate of drug-likeness (QED) is 0.788. The summed E-state index contributed by atoms with van der Waals surface area (Å²) in [4.78, 5) is 4.04. The summed E-state index contributed by atoms with van der Waals surface area (Å²) in [6.07, 6.45) is -2.44. The summed E-state index contributed by atoms with van der Waals surface area (Å²) in [5, 5.41) is 8.48. The first-order chi connectivity index (χ1) is 6.56. The smallest absolute Gasteiger partial charge is 0.256 e. The maximum Gasteiger partial charge on any atom is 0.265 e. The summed E-state index contributed by atoms with van der Waals surface area (Å²) in [5.41, 5.74) is 0.915. The first-order valence-corrected chi connectivity index (χ1v) is 4.95. The lowest BCUT2D eigenvalue weighted by Gasteiger charge is -2.07. The molecule has 0 atom stereocenters. The largest absolute Gasteiger partial charge is 0.265 e. The van der Waals surface area contributed by atoms with Gasteiger partial charge in [-0.1, -0.05) is 0 Å². The van der Waals surface area contributed by atoms with Crippen molar-refractivity contribution in [2.45, 2.75) is 19.8 Å². The third-order valence-electron chi connectivity index (χ3n) is 1.66. The van der Waals surface area contributed by atoms with Crippen LogP contribution in [0.1, 0.15) is 23.4 Å². The highest BCUT2D eigenvalue weighted by Gasteiger charge is 2.16. The van der Waals surface area contributed by atoms with Gasteiger partial charge in [-0.15, -0.1) is 0 Å². The maximum atomic E-state index is 12.5. The van der Waals surface area contributed by atoms with E-state index >= 15 is 0 Å². The molecular formula is C9H7F2IN2. The van der Waals surface area contributed by atoms with E-state index in [0.29, 0.717) is 15.0 Å². The van der Waals surface area contributed by atoms with E-state index < -0.39 is 6.43 Å². The van der Waals surface area contributed by atoms with Crippen LogP contribution in [0.2, 0.25) is 0 Å². The molecule has 1 aromatic rings. The van der Waals surface area contributed by atoms with Crippen LogP contribution >= 0.6 is 22.6 Å². The molecule has 0 N–H and O–H groups in total.